The highest BCUT2D eigenvalue weighted by molar-refractivity contribution is 7.09. The number of carbonyl (C=O) groups excluding carboxylic acids is 2. The van der Waals surface area contributed by atoms with Gasteiger partial charge in [-0.25, -0.2) is 4.98 Å². The quantitative estimate of drug-likeness (QED) is 0.620. The van der Waals surface area contributed by atoms with E-state index in [0.717, 1.165) is 27.6 Å². The molecule has 0 unspecified atom stereocenters. The normalized spacial score (nSPS) is 15.0. The summed E-state index contributed by atoms with van der Waals surface area (Å²) in [6.07, 6.45) is -0.364. The molecule has 0 aliphatic carbocycles. The SMILES string of the molecule is CNC(=O)[C@H]1CN(Cc2csc(CC(=O)Nc3ccc(C)cc3)n2)c2ccccc2O1. The van der Waals surface area contributed by atoms with Gasteiger partial charge in [-0.05, 0) is 31.2 Å². The fraction of sp³-hybridized carbons (Fsp3) is 0.261. The molecule has 1 aromatic heterocycles. The molecule has 1 atom stereocenters. The maximum atomic E-state index is 12.4. The minimum atomic E-state index is -0.585. The van der Waals surface area contributed by atoms with Gasteiger partial charge in [0, 0.05) is 18.1 Å². The van der Waals surface area contributed by atoms with E-state index in [2.05, 4.69) is 20.5 Å². The number of amides is 2. The number of nitrogens with one attached hydrogen (secondary N) is 2. The molecule has 0 fully saturated rings. The van der Waals surface area contributed by atoms with Gasteiger partial charge < -0.3 is 20.3 Å². The zero-order valence-corrected chi connectivity index (χ0v) is 18.2. The molecule has 0 saturated carbocycles. The van der Waals surface area contributed by atoms with Crippen LogP contribution in [0.3, 0.4) is 0 Å². The molecule has 0 bridgehead atoms. The molecular formula is C23H24N4O3S. The molecule has 2 amide bonds. The van der Waals surface area contributed by atoms with E-state index >= 15 is 0 Å². The van der Waals surface area contributed by atoms with E-state index < -0.39 is 6.10 Å². The molecule has 3 aromatic rings. The van der Waals surface area contributed by atoms with Gasteiger partial charge in [-0.2, -0.15) is 0 Å². The highest BCUT2D eigenvalue weighted by Gasteiger charge is 2.30. The van der Waals surface area contributed by atoms with Crippen molar-refractivity contribution < 1.29 is 14.3 Å². The molecule has 2 aromatic carbocycles. The van der Waals surface area contributed by atoms with Crippen LogP contribution in [0.5, 0.6) is 5.75 Å². The largest absolute Gasteiger partial charge is 0.477 e. The maximum Gasteiger partial charge on any atom is 0.262 e. The molecular weight excluding hydrogens is 412 g/mol. The number of thiazole rings is 1. The smallest absolute Gasteiger partial charge is 0.262 e. The van der Waals surface area contributed by atoms with Gasteiger partial charge in [-0.1, -0.05) is 29.8 Å². The first-order valence-corrected chi connectivity index (χ1v) is 10.9. The van der Waals surface area contributed by atoms with Crippen molar-refractivity contribution in [3.8, 4) is 5.75 Å². The van der Waals surface area contributed by atoms with Crippen LogP contribution in [-0.4, -0.2) is 36.5 Å². The molecule has 8 heteroatoms. The Morgan fingerprint density at radius 3 is 2.74 bits per heavy atom. The summed E-state index contributed by atoms with van der Waals surface area (Å²) in [6.45, 7) is 2.97. The zero-order valence-electron chi connectivity index (χ0n) is 17.4. The van der Waals surface area contributed by atoms with Crippen molar-refractivity contribution in [1.82, 2.24) is 10.3 Å². The number of aryl methyl sites for hydroxylation is 1. The van der Waals surface area contributed by atoms with Crippen molar-refractivity contribution in [2.24, 2.45) is 0 Å². The molecule has 1 aliphatic heterocycles. The van der Waals surface area contributed by atoms with Crippen LogP contribution in [0.4, 0.5) is 11.4 Å². The molecule has 0 saturated heterocycles. The molecule has 7 nitrogen and oxygen atoms in total. The number of rotatable bonds is 6. The van der Waals surface area contributed by atoms with Gasteiger partial charge in [-0.3, -0.25) is 9.59 Å². The summed E-state index contributed by atoms with van der Waals surface area (Å²) < 4.78 is 5.85. The van der Waals surface area contributed by atoms with Gasteiger partial charge in [0.1, 0.15) is 10.8 Å². The van der Waals surface area contributed by atoms with Crippen molar-refractivity contribution in [3.05, 3.63) is 70.2 Å². The lowest BCUT2D eigenvalue weighted by Gasteiger charge is -2.35. The Morgan fingerprint density at radius 2 is 1.97 bits per heavy atom. The van der Waals surface area contributed by atoms with Crippen LogP contribution in [0.1, 0.15) is 16.3 Å². The number of anilines is 2. The predicted octanol–water partition coefficient (Wildman–Crippen LogP) is 3.15. The topological polar surface area (TPSA) is 83.6 Å². The Kier molecular flexibility index (Phi) is 6.18. The van der Waals surface area contributed by atoms with Gasteiger partial charge in [0.15, 0.2) is 6.10 Å². The highest BCUT2D eigenvalue weighted by Crippen LogP contribution is 2.34. The van der Waals surface area contributed by atoms with E-state index in [-0.39, 0.29) is 18.2 Å². The van der Waals surface area contributed by atoms with Crippen molar-refractivity contribution in [1.29, 1.82) is 0 Å². The fourth-order valence-electron chi connectivity index (χ4n) is 3.43. The summed E-state index contributed by atoms with van der Waals surface area (Å²) >= 11 is 1.46. The number of nitrogens with zero attached hydrogens (tertiary/aromatic N) is 2. The second kappa shape index (κ2) is 9.18. The molecule has 4 rings (SSSR count). The third-order valence-corrected chi connectivity index (χ3v) is 5.90. The van der Waals surface area contributed by atoms with Gasteiger partial charge >= 0.3 is 0 Å². The molecule has 1 aliphatic rings. The summed E-state index contributed by atoms with van der Waals surface area (Å²) in [5.41, 5.74) is 3.70. The molecule has 31 heavy (non-hydrogen) atoms. The summed E-state index contributed by atoms with van der Waals surface area (Å²) in [6, 6.07) is 15.4. The average Bonchev–Trinajstić information content (AvgIpc) is 3.21. The number of carbonyl (C=O) groups is 2. The Hall–Kier alpha value is -3.39. The fourth-order valence-corrected chi connectivity index (χ4v) is 4.22. The first-order valence-electron chi connectivity index (χ1n) is 10.0. The van der Waals surface area contributed by atoms with Crippen molar-refractivity contribution >= 4 is 34.5 Å². The number of benzene rings is 2. The van der Waals surface area contributed by atoms with Crippen molar-refractivity contribution in [3.63, 3.8) is 0 Å². The Bertz CT molecular complexity index is 1080. The number of ether oxygens (including phenoxy) is 1. The standard InChI is InChI=1S/C23H24N4O3S/c1-15-7-9-16(10-8-15)25-21(28)11-22-26-17(14-31-22)12-27-13-20(23(29)24-2)30-19-6-4-3-5-18(19)27/h3-10,14,20H,11-13H2,1-2H3,(H,24,29)(H,25,28)/t20-/m1/s1. The third kappa shape index (κ3) is 5.03. The number of hydrogen-bond donors (Lipinski definition) is 2. The average molecular weight is 437 g/mol. The van der Waals surface area contributed by atoms with Crippen molar-refractivity contribution in [2.75, 3.05) is 23.8 Å². The van der Waals surface area contributed by atoms with Gasteiger partial charge in [-0.15, -0.1) is 11.3 Å². The minimum Gasteiger partial charge on any atom is -0.477 e. The van der Waals surface area contributed by atoms with Crippen LogP contribution in [0, 0.1) is 6.92 Å². The lowest BCUT2D eigenvalue weighted by Crippen LogP contribution is -2.48. The van der Waals surface area contributed by atoms with E-state index in [1.807, 2.05) is 60.8 Å². The van der Waals surface area contributed by atoms with Crippen LogP contribution in [0.15, 0.2) is 53.9 Å². The van der Waals surface area contributed by atoms with Crippen molar-refractivity contribution in [2.45, 2.75) is 26.0 Å². The Balaban J connectivity index is 1.42. The zero-order chi connectivity index (χ0) is 21.8. The molecule has 2 N–H and O–H groups in total. The van der Waals surface area contributed by atoms with E-state index in [1.54, 1.807) is 7.05 Å². The first-order chi connectivity index (χ1) is 15.0. The predicted molar refractivity (Wildman–Crippen MR) is 122 cm³/mol. The summed E-state index contributed by atoms with van der Waals surface area (Å²) in [7, 11) is 1.60. The third-order valence-electron chi connectivity index (χ3n) is 5.00. The maximum absolute atomic E-state index is 12.4. The summed E-state index contributed by atoms with van der Waals surface area (Å²) in [5, 5.41) is 8.27. The minimum absolute atomic E-state index is 0.0962. The van der Waals surface area contributed by atoms with Crippen LogP contribution in [0.2, 0.25) is 0 Å². The molecule has 0 radical (unpaired) electrons. The van der Waals surface area contributed by atoms with Gasteiger partial charge in [0.25, 0.3) is 5.91 Å². The summed E-state index contributed by atoms with van der Waals surface area (Å²) in [5.74, 6) is 0.419. The number of fused-ring (bicyclic) bond motifs is 1. The molecule has 160 valence electrons. The van der Waals surface area contributed by atoms with E-state index in [0.29, 0.717) is 18.8 Å². The van der Waals surface area contributed by atoms with Crippen LogP contribution in [-0.2, 0) is 22.6 Å². The Morgan fingerprint density at radius 1 is 1.19 bits per heavy atom. The molecule has 2 heterocycles. The number of aromatic nitrogens is 1. The highest BCUT2D eigenvalue weighted by atomic mass is 32.1. The molecule has 0 spiro atoms. The first kappa shape index (κ1) is 20.9. The number of para-hydroxylation sites is 2. The van der Waals surface area contributed by atoms with Crippen LogP contribution >= 0.6 is 11.3 Å². The monoisotopic (exact) mass is 436 g/mol. The second-order valence-electron chi connectivity index (χ2n) is 7.39. The summed E-state index contributed by atoms with van der Waals surface area (Å²) in [4.78, 5) is 31.2. The van der Waals surface area contributed by atoms with Gasteiger partial charge in [0.05, 0.1) is 30.9 Å². The lowest BCUT2D eigenvalue weighted by molar-refractivity contribution is -0.127. The number of likely N-dealkylation sites (N-methyl/N-ethyl adjacent to an activating group) is 1. The Labute approximate surface area is 185 Å². The number of hydrogen-bond acceptors (Lipinski definition) is 6. The second-order valence-corrected chi connectivity index (χ2v) is 8.34. The van der Waals surface area contributed by atoms with Gasteiger partial charge in [0.2, 0.25) is 5.91 Å². The van der Waals surface area contributed by atoms with Crippen LogP contribution < -0.4 is 20.3 Å². The van der Waals surface area contributed by atoms with Crippen LogP contribution in [0.25, 0.3) is 0 Å². The van der Waals surface area contributed by atoms with E-state index in [9.17, 15) is 9.59 Å². The van der Waals surface area contributed by atoms with E-state index in [4.69, 9.17) is 4.74 Å². The lowest BCUT2D eigenvalue weighted by atomic mass is 10.1. The van der Waals surface area contributed by atoms with E-state index in [1.165, 1.54) is 11.3 Å².